The minimum Gasteiger partial charge on any atom is -0.392 e. The summed E-state index contributed by atoms with van der Waals surface area (Å²) in [6.45, 7) is -0.348. The topological polar surface area (TPSA) is 130 Å². The van der Waals surface area contributed by atoms with Gasteiger partial charge in [0.2, 0.25) is 0 Å². The van der Waals surface area contributed by atoms with Crippen LogP contribution < -0.4 is 5.73 Å². The van der Waals surface area contributed by atoms with Crippen LogP contribution in [0.25, 0.3) is 11.2 Å². The van der Waals surface area contributed by atoms with Crippen LogP contribution in [0.3, 0.4) is 0 Å². The Balaban J connectivity index is 2.17. The minimum atomic E-state index is -1.14. The lowest BCUT2D eigenvalue weighted by Crippen LogP contribution is -2.30. The van der Waals surface area contributed by atoms with Gasteiger partial charge in [0.25, 0.3) is 0 Å². The van der Waals surface area contributed by atoms with Gasteiger partial charge in [-0.15, -0.1) is 0 Å². The summed E-state index contributed by atoms with van der Waals surface area (Å²) >= 11 is 3.31. The van der Waals surface area contributed by atoms with Crippen molar-refractivity contribution in [2.45, 2.75) is 18.2 Å². The molecule has 1 aliphatic rings. The molecule has 2 aromatic rings. The van der Waals surface area contributed by atoms with E-state index >= 15 is 0 Å². The fourth-order valence-corrected chi connectivity index (χ4v) is 3.24. The van der Waals surface area contributed by atoms with Crippen molar-refractivity contribution in [3.8, 4) is 0 Å². The van der Waals surface area contributed by atoms with Gasteiger partial charge in [0.15, 0.2) is 11.5 Å². The number of nitrogens with two attached hydrogens (primary N) is 1. The first-order chi connectivity index (χ1) is 9.56. The summed E-state index contributed by atoms with van der Waals surface area (Å²) in [6.07, 6.45) is 0.520. The number of nitrogens with zero attached hydrogens (tertiary/aromatic N) is 4. The van der Waals surface area contributed by atoms with E-state index in [-0.39, 0.29) is 12.4 Å². The Hall–Kier alpha value is -1.55. The maximum Gasteiger partial charge on any atom is 0.166 e. The van der Waals surface area contributed by atoms with Crippen LogP contribution >= 0.6 is 15.9 Å². The van der Waals surface area contributed by atoms with E-state index in [4.69, 9.17) is 5.73 Å². The molecule has 0 amide bonds. The molecular formula is C11H12BrN5O3. The number of halogens is 1. The quantitative estimate of drug-likeness (QED) is 0.569. The second-order valence-electron chi connectivity index (χ2n) is 4.49. The fourth-order valence-electron chi connectivity index (χ4n) is 2.39. The van der Waals surface area contributed by atoms with Gasteiger partial charge in [-0.05, 0) is 5.57 Å². The van der Waals surface area contributed by atoms with Crippen LogP contribution in [0.2, 0.25) is 0 Å². The van der Waals surface area contributed by atoms with E-state index in [1.54, 1.807) is 4.57 Å². The summed E-state index contributed by atoms with van der Waals surface area (Å²) in [6, 6.07) is -0.619. The van der Waals surface area contributed by atoms with Gasteiger partial charge in [-0.1, -0.05) is 15.9 Å². The van der Waals surface area contributed by atoms with E-state index in [0.717, 1.165) is 0 Å². The van der Waals surface area contributed by atoms with Crippen molar-refractivity contribution >= 4 is 32.9 Å². The molecule has 3 atom stereocenters. The number of hydrogen-bond donors (Lipinski definition) is 4. The number of hydrogen-bond acceptors (Lipinski definition) is 7. The third-order valence-corrected chi connectivity index (χ3v) is 4.41. The normalized spacial score (nSPS) is 26.7. The van der Waals surface area contributed by atoms with Gasteiger partial charge in [-0.3, -0.25) is 0 Å². The molecular weight excluding hydrogens is 330 g/mol. The molecule has 20 heavy (non-hydrogen) atoms. The highest BCUT2D eigenvalue weighted by Crippen LogP contribution is 2.41. The number of rotatable bonds is 2. The fraction of sp³-hybridized carbons (Fsp3) is 0.364. The second-order valence-corrected chi connectivity index (χ2v) is 5.35. The molecule has 0 saturated carbocycles. The van der Waals surface area contributed by atoms with E-state index in [1.165, 1.54) is 12.7 Å². The summed E-state index contributed by atoms with van der Waals surface area (Å²) in [5, 5.41) is 29.4. The average Bonchev–Trinajstić information content (AvgIpc) is 2.92. The van der Waals surface area contributed by atoms with Gasteiger partial charge in [0.05, 0.1) is 19.0 Å². The minimum absolute atomic E-state index is 0.240. The molecule has 2 aromatic heterocycles. The average molecular weight is 342 g/mol. The van der Waals surface area contributed by atoms with Crippen molar-refractivity contribution in [3.05, 3.63) is 22.7 Å². The van der Waals surface area contributed by atoms with Crippen LogP contribution in [0.15, 0.2) is 22.7 Å². The molecule has 5 N–H and O–H groups in total. The Morgan fingerprint density at radius 2 is 2.05 bits per heavy atom. The van der Waals surface area contributed by atoms with Crippen molar-refractivity contribution in [2.24, 2.45) is 0 Å². The van der Waals surface area contributed by atoms with Crippen molar-refractivity contribution in [3.63, 3.8) is 0 Å². The molecule has 0 saturated heterocycles. The smallest absolute Gasteiger partial charge is 0.166 e. The lowest BCUT2D eigenvalue weighted by atomic mass is 10.1. The molecule has 0 aromatic carbocycles. The van der Waals surface area contributed by atoms with Crippen LogP contribution in [0.1, 0.15) is 6.04 Å². The predicted molar refractivity (Wildman–Crippen MR) is 73.8 cm³/mol. The Morgan fingerprint density at radius 1 is 1.30 bits per heavy atom. The number of aliphatic hydroxyl groups is 3. The van der Waals surface area contributed by atoms with Crippen LogP contribution in [-0.4, -0.2) is 53.7 Å². The molecule has 0 unspecified atom stereocenters. The number of fused-ring (bicyclic) bond motifs is 1. The lowest BCUT2D eigenvalue weighted by molar-refractivity contribution is 0.0285. The first-order valence-corrected chi connectivity index (χ1v) is 6.64. The molecule has 0 fully saturated rings. The number of aromatic nitrogens is 4. The zero-order valence-electron chi connectivity index (χ0n) is 10.2. The number of anilines is 1. The summed E-state index contributed by atoms with van der Waals surface area (Å²) in [5.74, 6) is 0.240. The predicted octanol–water partition coefficient (Wildman–Crippen LogP) is -0.674. The zero-order chi connectivity index (χ0) is 14.4. The van der Waals surface area contributed by atoms with Gasteiger partial charge < -0.3 is 25.6 Å². The maximum absolute atomic E-state index is 10.2. The third kappa shape index (κ3) is 1.74. The molecule has 2 heterocycles. The second kappa shape index (κ2) is 4.77. The Morgan fingerprint density at radius 3 is 2.70 bits per heavy atom. The van der Waals surface area contributed by atoms with E-state index < -0.39 is 18.2 Å². The molecule has 8 nitrogen and oxygen atoms in total. The molecule has 0 radical (unpaired) electrons. The highest BCUT2D eigenvalue weighted by molar-refractivity contribution is 9.11. The van der Waals surface area contributed by atoms with E-state index in [2.05, 4.69) is 30.9 Å². The maximum atomic E-state index is 10.2. The monoisotopic (exact) mass is 341 g/mol. The van der Waals surface area contributed by atoms with Crippen LogP contribution in [0, 0.1) is 0 Å². The lowest BCUT2D eigenvalue weighted by Gasteiger charge is -2.19. The summed E-state index contributed by atoms with van der Waals surface area (Å²) < 4.78 is 2.10. The number of imidazole rings is 1. The first-order valence-electron chi connectivity index (χ1n) is 5.84. The van der Waals surface area contributed by atoms with Gasteiger partial charge in [0, 0.05) is 4.48 Å². The molecule has 0 spiro atoms. The molecule has 1 aliphatic carbocycles. The van der Waals surface area contributed by atoms with E-state index in [1.807, 2.05) is 0 Å². The van der Waals surface area contributed by atoms with Crippen LogP contribution in [0.5, 0.6) is 0 Å². The Kier molecular flexibility index (Phi) is 3.21. The molecule has 0 bridgehead atoms. The SMILES string of the molecule is Nc1ncnc2c1ncn2[C@@H]1C(Br)=C(CO)[C@@H](O)[C@H]1O. The summed E-state index contributed by atoms with van der Waals surface area (Å²) in [4.78, 5) is 12.1. The van der Waals surface area contributed by atoms with E-state index in [0.29, 0.717) is 21.2 Å². The highest BCUT2D eigenvalue weighted by Gasteiger charge is 2.41. The van der Waals surface area contributed by atoms with Gasteiger partial charge in [-0.25, -0.2) is 15.0 Å². The van der Waals surface area contributed by atoms with Crippen LogP contribution in [-0.2, 0) is 0 Å². The standard InChI is InChI=1S/C11H12BrN5O3/c12-5-4(1-18)8(19)9(20)7(5)17-3-16-6-10(13)14-2-15-11(6)17/h2-3,7-9,18-20H,1H2,(H2,13,14,15)/t7-,8-,9+/m1/s1. The highest BCUT2D eigenvalue weighted by atomic mass is 79.9. The van der Waals surface area contributed by atoms with Crippen molar-refractivity contribution in [2.75, 3.05) is 12.3 Å². The third-order valence-electron chi connectivity index (χ3n) is 3.43. The Labute approximate surface area is 121 Å². The van der Waals surface area contributed by atoms with Crippen molar-refractivity contribution in [1.82, 2.24) is 19.5 Å². The van der Waals surface area contributed by atoms with Crippen molar-refractivity contribution in [1.29, 1.82) is 0 Å². The molecule has 106 valence electrons. The Bertz CT molecular complexity index is 700. The summed E-state index contributed by atoms with van der Waals surface area (Å²) in [7, 11) is 0. The molecule has 0 aliphatic heterocycles. The van der Waals surface area contributed by atoms with E-state index in [9.17, 15) is 15.3 Å². The van der Waals surface area contributed by atoms with Gasteiger partial charge in [0.1, 0.15) is 24.1 Å². The zero-order valence-corrected chi connectivity index (χ0v) is 11.8. The largest absolute Gasteiger partial charge is 0.392 e. The molecule has 9 heteroatoms. The number of aliphatic hydroxyl groups excluding tert-OH is 3. The summed E-state index contributed by atoms with van der Waals surface area (Å²) in [5.41, 5.74) is 6.93. The van der Waals surface area contributed by atoms with Gasteiger partial charge in [-0.2, -0.15) is 0 Å². The van der Waals surface area contributed by atoms with Crippen molar-refractivity contribution < 1.29 is 15.3 Å². The van der Waals surface area contributed by atoms with Crippen LogP contribution in [0.4, 0.5) is 5.82 Å². The first kappa shape index (κ1) is 13.4. The van der Waals surface area contributed by atoms with Gasteiger partial charge >= 0.3 is 0 Å². The molecule has 3 rings (SSSR count). The number of nitrogen functional groups attached to an aromatic ring is 1.